The Kier molecular flexibility index (Phi) is 6.05. The van der Waals surface area contributed by atoms with Crippen LogP contribution in [0.2, 0.25) is 0 Å². The number of rotatable bonds is 6. The molecule has 0 saturated heterocycles. The van der Waals surface area contributed by atoms with Gasteiger partial charge in [-0.05, 0) is 34.1 Å². The molecule has 0 saturated carbocycles. The van der Waals surface area contributed by atoms with Gasteiger partial charge in [0.1, 0.15) is 0 Å². The molecule has 20 heavy (non-hydrogen) atoms. The van der Waals surface area contributed by atoms with Crippen molar-refractivity contribution in [1.82, 2.24) is 0 Å². The molecule has 0 aliphatic carbocycles. The van der Waals surface area contributed by atoms with E-state index in [4.69, 9.17) is 0 Å². The van der Waals surface area contributed by atoms with Crippen LogP contribution in [0.5, 0.6) is 0 Å². The maximum Gasteiger partial charge on any atom is 0.235 e. The van der Waals surface area contributed by atoms with Gasteiger partial charge in [0, 0.05) is 0 Å². The lowest BCUT2D eigenvalue weighted by Crippen LogP contribution is -2.04. The van der Waals surface area contributed by atoms with E-state index < -0.39 is 0 Å². The van der Waals surface area contributed by atoms with Gasteiger partial charge in [0.05, 0.1) is 13.1 Å². The Labute approximate surface area is 119 Å². The average Bonchev–Trinajstić information content (AvgIpc) is 2.42. The van der Waals surface area contributed by atoms with Crippen molar-refractivity contribution < 1.29 is 9.59 Å². The summed E-state index contributed by atoms with van der Waals surface area (Å²) < 4.78 is 0. The van der Waals surface area contributed by atoms with E-state index in [9.17, 15) is 9.59 Å². The summed E-state index contributed by atoms with van der Waals surface area (Å²) in [7, 11) is 0. The van der Waals surface area contributed by atoms with Gasteiger partial charge >= 0.3 is 0 Å². The summed E-state index contributed by atoms with van der Waals surface area (Å²) in [4.78, 5) is 28.0. The molecule has 0 atom stereocenters. The molecule has 0 unspecified atom stereocenters. The molecule has 0 aromatic heterocycles. The minimum absolute atomic E-state index is 0.312. The smallest absolute Gasteiger partial charge is 0.211 e. The highest BCUT2D eigenvalue weighted by atomic mass is 16.1. The molecule has 0 N–H and O–H groups in total. The molecule has 1 aromatic carbocycles. The summed E-state index contributed by atoms with van der Waals surface area (Å²) in [5.41, 5.74) is 4.32. The molecule has 0 spiro atoms. The lowest BCUT2D eigenvalue weighted by molar-refractivity contribution is 0.561. The number of hydrogen-bond acceptors (Lipinski definition) is 4. The number of aliphatic imine (C=N–C) groups is 2. The predicted octanol–water partition coefficient (Wildman–Crippen LogP) is 3.61. The Morgan fingerprint density at radius 1 is 0.850 bits per heavy atom. The van der Waals surface area contributed by atoms with E-state index in [-0.39, 0.29) is 0 Å². The molecule has 4 nitrogen and oxygen atoms in total. The predicted molar refractivity (Wildman–Crippen MR) is 78.3 cm³/mol. The van der Waals surface area contributed by atoms with E-state index in [0.717, 1.165) is 22.3 Å². The molecule has 0 fully saturated rings. The normalized spacial score (nSPS) is 10.3. The van der Waals surface area contributed by atoms with E-state index in [1.165, 1.54) is 0 Å². The Hall–Kier alpha value is -2.02. The second-order valence-electron chi connectivity index (χ2n) is 5.37. The van der Waals surface area contributed by atoms with E-state index >= 15 is 0 Å². The quantitative estimate of drug-likeness (QED) is 0.586. The first-order chi connectivity index (χ1) is 9.51. The van der Waals surface area contributed by atoms with Gasteiger partial charge in [-0.25, -0.2) is 19.6 Å². The fraction of sp³-hybridized carbons (Fsp3) is 0.500. The van der Waals surface area contributed by atoms with Crippen molar-refractivity contribution in [2.75, 3.05) is 0 Å². The van der Waals surface area contributed by atoms with E-state index in [0.29, 0.717) is 24.9 Å². The van der Waals surface area contributed by atoms with Gasteiger partial charge in [-0.3, -0.25) is 0 Å². The van der Waals surface area contributed by atoms with Gasteiger partial charge in [-0.2, -0.15) is 0 Å². The number of benzene rings is 1. The first-order valence-corrected chi connectivity index (χ1v) is 6.74. The van der Waals surface area contributed by atoms with Crippen molar-refractivity contribution in [3.63, 3.8) is 0 Å². The van der Waals surface area contributed by atoms with Crippen LogP contribution in [0.3, 0.4) is 0 Å². The second-order valence-corrected chi connectivity index (χ2v) is 5.37. The monoisotopic (exact) mass is 272 g/mol. The van der Waals surface area contributed by atoms with Crippen molar-refractivity contribution in [1.29, 1.82) is 0 Å². The van der Waals surface area contributed by atoms with Crippen LogP contribution >= 0.6 is 0 Å². The summed E-state index contributed by atoms with van der Waals surface area (Å²) in [5.74, 6) is 0.624. The van der Waals surface area contributed by atoms with E-state index in [2.05, 4.69) is 49.8 Å². The molecular weight excluding hydrogens is 252 g/mol. The van der Waals surface area contributed by atoms with Crippen LogP contribution in [0.1, 0.15) is 61.8 Å². The number of nitrogens with zero attached hydrogens (tertiary/aromatic N) is 2. The molecular formula is C16H20N2O2. The third-order valence-corrected chi connectivity index (χ3v) is 3.27. The number of isocyanates is 2. The molecule has 4 heteroatoms. The third kappa shape index (κ3) is 3.99. The lowest BCUT2D eigenvalue weighted by atomic mass is 9.88. The SMILES string of the molecule is CC(C)c1cc(CN=C=O)c(C(C)C)cc1CN=C=O. The number of carbonyl (C=O) groups excluding carboxylic acids is 2. The van der Waals surface area contributed by atoms with E-state index in [1.54, 1.807) is 12.2 Å². The topological polar surface area (TPSA) is 58.9 Å². The van der Waals surface area contributed by atoms with Crippen molar-refractivity contribution in [2.45, 2.75) is 52.6 Å². The standard InChI is InChI=1S/C16H20N2O2/c1-11(2)15-5-14(8-18-10-20)16(12(3)4)6-13(15)7-17-9-19/h5-6,11-12H,7-8H2,1-4H3. The zero-order valence-corrected chi connectivity index (χ0v) is 12.4. The molecule has 1 aromatic rings. The van der Waals surface area contributed by atoms with Gasteiger partial charge in [-0.1, -0.05) is 39.8 Å². The molecule has 0 aliphatic heterocycles. The maximum absolute atomic E-state index is 10.3. The second kappa shape index (κ2) is 7.54. The van der Waals surface area contributed by atoms with Crippen LogP contribution in [-0.4, -0.2) is 12.2 Å². The zero-order chi connectivity index (χ0) is 15.1. The van der Waals surface area contributed by atoms with Gasteiger partial charge in [-0.15, -0.1) is 0 Å². The molecule has 0 radical (unpaired) electrons. The largest absolute Gasteiger partial charge is 0.235 e. The van der Waals surface area contributed by atoms with Crippen LogP contribution in [-0.2, 0) is 22.7 Å². The first kappa shape index (κ1) is 16.0. The number of hydrogen-bond donors (Lipinski definition) is 0. The van der Waals surface area contributed by atoms with Crippen LogP contribution in [0, 0.1) is 0 Å². The Balaban J connectivity index is 3.41. The van der Waals surface area contributed by atoms with Crippen molar-refractivity contribution in [3.05, 3.63) is 34.4 Å². The lowest BCUT2D eigenvalue weighted by Gasteiger charge is -2.18. The van der Waals surface area contributed by atoms with Gasteiger partial charge in [0.15, 0.2) is 0 Å². The first-order valence-electron chi connectivity index (χ1n) is 6.74. The van der Waals surface area contributed by atoms with E-state index in [1.807, 2.05) is 0 Å². The molecule has 0 aliphatic rings. The van der Waals surface area contributed by atoms with Gasteiger partial charge in [0.2, 0.25) is 12.2 Å². The summed E-state index contributed by atoms with van der Waals surface area (Å²) in [6.45, 7) is 9.04. The average molecular weight is 272 g/mol. The summed E-state index contributed by atoms with van der Waals surface area (Å²) in [6.07, 6.45) is 3.17. The highest BCUT2D eigenvalue weighted by Crippen LogP contribution is 2.29. The Morgan fingerprint density at radius 2 is 1.20 bits per heavy atom. The minimum Gasteiger partial charge on any atom is -0.211 e. The molecule has 0 heterocycles. The third-order valence-electron chi connectivity index (χ3n) is 3.27. The minimum atomic E-state index is 0.312. The molecule has 0 amide bonds. The Morgan fingerprint density at radius 3 is 1.45 bits per heavy atom. The molecule has 0 bridgehead atoms. The summed E-state index contributed by atoms with van der Waals surface area (Å²) >= 11 is 0. The molecule has 1 rings (SSSR count). The van der Waals surface area contributed by atoms with Crippen LogP contribution < -0.4 is 0 Å². The van der Waals surface area contributed by atoms with Crippen molar-refractivity contribution in [3.8, 4) is 0 Å². The van der Waals surface area contributed by atoms with Crippen LogP contribution in [0.25, 0.3) is 0 Å². The zero-order valence-electron chi connectivity index (χ0n) is 12.4. The van der Waals surface area contributed by atoms with Crippen LogP contribution in [0.4, 0.5) is 0 Å². The summed E-state index contributed by atoms with van der Waals surface area (Å²) in [6, 6.07) is 4.13. The molecule has 106 valence electrons. The highest BCUT2D eigenvalue weighted by molar-refractivity contribution is 5.44. The fourth-order valence-electron chi connectivity index (χ4n) is 2.31. The fourth-order valence-corrected chi connectivity index (χ4v) is 2.31. The highest BCUT2D eigenvalue weighted by Gasteiger charge is 2.14. The summed E-state index contributed by atoms with van der Waals surface area (Å²) in [5, 5.41) is 0. The Bertz CT molecular complexity index is 512. The van der Waals surface area contributed by atoms with Crippen LogP contribution in [0.15, 0.2) is 22.1 Å². The van der Waals surface area contributed by atoms with Crippen molar-refractivity contribution in [2.24, 2.45) is 9.98 Å². The maximum atomic E-state index is 10.3. The van der Waals surface area contributed by atoms with Gasteiger partial charge < -0.3 is 0 Å². The van der Waals surface area contributed by atoms with Gasteiger partial charge in [0.25, 0.3) is 0 Å². The van der Waals surface area contributed by atoms with Crippen molar-refractivity contribution >= 4 is 12.2 Å².